The van der Waals surface area contributed by atoms with Crippen LogP contribution in [0.4, 0.5) is 5.69 Å². The molecule has 3 rings (SSSR count). The van der Waals surface area contributed by atoms with Crippen LogP contribution >= 0.6 is 0 Å². The molecule has 0 spiro atoms. The first-order valence-electron chi connectivity index (χ1n) is 8.97. The highest BCUT2D eigenvalue weighted by Crippen LogP contribution is 2.22. The molecule has 0 saturated carbocycles. The third-order valence-electron chi connectivity index (χ3n) is 4.49. The van der Waals surface area contributed by atoms with E-state index in [-0.39, 0.29) is 5.91 Å². The van der Waals surface area contributed by atoms with Crippen LogP contribution in [0.15, 0.2) is 30.5 Å². The number of rotatable bonds is 7. The zero-order valence-electron chi connectivity index (χ0n) is 15.3. The number of piperidine rings is 1. The summed E-state index contributed by atoms with van der Waals surface area (Å²) in [6, 6.07) is 7.66. The maximum atomic E-state index is 12.5. The van der Waals surface area contributed by atoms with Gasteiger partial charge in [-0.05, 0) is 56.1 Å². The number of aromatic nitrogens is 2. The van der Waals surface area contributed by atoms with E-state index in [4.69, 9.17) is 9.47 Å². The van der Waals surface area contributed by atoms with E-state index in [1.807, 2.05) is 36.0 Å². The summed E-state index contributed by atoms with van der Waals surface area (Å²) in [4.78, 5) is 12.5. The summed E-state index contributed by atoms with van der Waals surface area (Å²) < 4.78 is 12.4. The molecule has 1 aromatic heterocycles. The molecule has 26 heavy (non-hydrogen) atoms. The topological polar surface area (TPSA) is 77.4 Å². The van der Waals surface area contributed by atoms with Gasteiger partial charge in [0, 0.05) is 25.5 Å². The highest BCUT2D eigenvalue weighted by molar-refractivity contribution is 6.03. The highest BCUT2D eigenvalue weighted by Gasteiger charge is 2.18. The molecule has 1 aromatic carbocycles. The molecule has 7 heteroatoms. The van der Waals surface area contributed by atoms with Crippen molar-refractivity contribution in [1.29, 1.82) is 0 Å². The van der Waals surface area contributed by atoms with Crippen LogP contribution in [0.1, 0.15) is 34.9 Å². The number of hydrogen-bond acceptors (Lipinski definition) is 5. The average Bonchev–Trinajstić information content (AvgIpc) is 3.15. The summed E-state index contributed by atoms with van der Waals surface area (Å²) in [5.41, 5.74) is 2.11. The quantitative estimate of drug-likeness (QED) is 0.743. The lowest BCUT2D eigenvalue weighted by Crippen LogP contribution is -2.32. The Kier molecular flexibility index (Phi) is 6.25. The van der Waals surface area contributed by atoms with Crippen LogP contribution in [0, 0.1) is 6.92 Å². The van der Waals surface area contributed by atoms with Crippen molar-refractivity contribution in [1.82, 2.24) is 15.1 Å². The third-order valence-corrected chi connectivity index (χ3v) is 4.49. The molecular weight excluding hydrogens is 332 g/mol. The molecule has 140 valence electrons. The van der Waals surface area contributed by atoms with Crippen LogP contribution in [0.2, 0.25) is 0 Å². The molecule has 0 radical (unpaired) electrons. The van der Waals surface area contributed by atoms with Crippen molar-refractivity contribution in [2.75, 3.05) is 38.7 Å². The fourth-order valence-electron chi connectivity index (χ4n) is 3.02. The van der Waals surface area contributed by atoms with Gasteiger partial charge >= 0.3 is 0 Å². The molecule has 0 aliphatic carbocycles. The molecule has 1 atom stereocenters. The number of nitrogens with zero attached hydrogens (tertiary/aromatic N) is 2. The molecule has 2 aromatic rings. The number of hydrogen-bond donors (Lipinski definition) is 2. The van der Waals surface area contributed by atoms with E-state index in [0.29, 0.717) is 24.9 Å². The number of carbonyl (C=O) groups is 1. The first-order chi connectivity index (χ1) is 12.7. The smallest absolute Gasteiger partial charge is 0.276 e. The Balaban J connectivity index is 1.61. The molecular formula is C19H26N4O3. The lowest BCUT2D eigenvalue weighted by Gasteiger charge is -2.22. The SMILES string of the molecule is COCCOc1ccc(NC(=O)c2ccn(C3CCCNC3)n2)c(C)c1. The summed E-state index contributed by atoms with van der Waals surface area (Å²) in [5, 5.41) is 10.7. The van der Waals surface area contributed by atoms with E-state index in [1.165, 1.54) is 0 Å². The van der Waals surface area contributed by atoms with Crippen LogP contribution in [0.3, 0.4) is 0 Å². The lowest BCUT2D eigenvalue weighted by atomic mass is 10.1. The minimum Gasteiger partial charge on any atom is -0.491 e. The summed E-state index contributed by atoms with van der Waals surface area (Å²) in [6.45, 7) is 4.92. The summed E-state index contributed by atoms with van der Waals surface area (Å²) in [7, 11) is 1.64. The Morgan fingerprint density at radius 2 is 2.27 bits per heavy atom. The van der Waals surface area contributed by atoms with Crippen LogP contribution < -0.4 is 15.4 Å². The predicted octanol–water partition coefficient (Wildman–Crippen LogP) is 2.39. The Bertz CT molecular complexity index is 738. The Morgan fingerprint density at radius 1 is 1.38 bits per heavy atom. The molecule has 7 nitrogen and oxygen atoms in total. The molecule has 1 saturated heterocycles. The monoisotopic (exact) mass is 358 g/mol. The normalized spacial score (nSPS) is 17.1. The Morgan fingerprint density at radius 3 is 3.00 bits per heavy atom. The maximum absolute atomic E-state index is 12.5. The van der Waals surface area contributed by atoms with Crippen molar-refractivity contribution >= 4 is 11.6 Å². The number of nitrogens with one attached hydrogen (secondary N) is 2. The van der Waals surface area contributed by atoms with Gasteiger partial charge in [0.1, 0.15) is 12.4 Å². The lowest BCUT2D eigenvalue weighted by molar-refractivity contribution is 0.102. The molecule has 1 fully saturated rings. The number of benzene rings is 1. The largest absolute Gasteiger partial charge is 0.491 e. The van der Waals surface area contributed by atoms with Crippen LogP contribution in [-0.4, -0.2) is 49.1 Å². The molecule has 2 heterocycles. The predicted molar refractivity (Wildman–Crippen MR) is 99.9 cm³/mol. The Labute approximate surface area is 153 Å². The summed E-state index contributed by atoms with van der Waals surface area (Å²) >= 11 is 0. The van der Waals surface area contributed by atoms with Gasteiger partial charge in [-0.3, -0.25) is 9.48 Å². The number of carbonyl (C=O) groups excluding carboxylic acids is 1. The van der Waals surface area contributed by atoms with Crippen LogP contribution in [0.25, 0.3) is 0 Å². The maximum Gasteiger partial charge on any atom is 0.276 e. The van der Waals surface area contributed by atoms with E-state index < -0.39 is 0 Å². The van der Waals surface area contributed by atoms with Gasteiger partial charge in [0.25, 0.3) is 5.91 Å². The number of ether oxygens (including phenoxy) is 2. The number of aryl methyl sites for hydroxylation is 1. The number of anilines is 1. The molecule has 1 unspecified atom stereocenters. The first kappa shape index (κ1) is 18.4. The fourth-order valence-corrected chi connectivity index (χ4v) is 3.02. The molecule has 1 aliphatic heterocycles. The summed E-state index contributed by atoms with van der Waals surface area (Å²) in [5.74, 6) is 0.551. The third kappa shape index (κ3) is 4.62. The van der Waals surface area contributed by atoms with Crippen LogP contribution in [-0.2, 0) is 4.74 Å². The Hall–Kier alpha value is -2.38. The standard InChI is InChI=1S/C19H26N4O3/c1-14-12-16(26-11-10-25-2)5-6-17(14)21-19(24)18-7-9-23(22-18)15-4-3-8-20-13-15/h5-7,9,12,15,20H,3-4,8,10-11,13H2,1-2H3,(H,21,24). The second-order valence-corrected chi connectivity index (χ2v) is 6.45. The molecule has 1 aliphatic rings. The van der Waals surface area contributed by atoms with Gasteiger partial charge in [0.2, 0.25) is 0 Å². The van der Waals surface area contributed by atoms with E-state index in [0.717, 1.165) is 42.9 Å². The minimum absolute atomic E-state index is 0.205. The zero-order valence-corrected chi connectivity index (χ0v) is 15.3. The fraction of sp³-hybridized carbons (Fsp3) is 0.474. The number of methoxy groups -OCH3 is 1. The van der Waals surface area contributed by atoms with Gasteiger partial charge in [-0.2, -0.15) is 5.10 Å². The van der Waals surface area contributed by atoms with Gasteiger partial charge in [-0.15, -0.1) is 0 Å². The second-order valence-electron chi connectivity index (χ2n) is 6.45. The van der Waals surface area contributed by atoms with Crippen molar-refractivity contribution in [2.24, 2.45) is 0 Å². The molecule has 1 amide bonds. The van der Waals surface area contributed by atoms with Crippen molar-refractivity contribution in [3.05, 3.63) is 41.7 Å². The van der Waals surface area contributed by atoms with Gasteiger partial charge in [-0.1, -0.05) is 0 Å². The second kappa shape index (κ2) is 8.82. The van der Waals surface area contributed by atoms with E-state index >= 15 is 0 Å². The van der Waals surface area contributed by atoms with E-state index in [9.17, 15) is 4.79 Å². The molecule has 0 bridgehead atoms. The van der Waals surface area contributed by atoms with Crippen LogP contribution in [0.5, 0.6) is 5.75 Å². The first-order valence-corrected chi connectivity index (χ1v) is 8.97. The number of amides is 1. The average molecular weight is 358 g/mol. The van der Waals surface area contributed by atoms with Gasteiger partial charge in [-0.25, -0.2) is 0 Å². The highest BCUT2D eigenvalue weighted by atomic mass is 16.5. The van der Waals surface area contributed by atoms with Gasteiger partial charge in [0.05, 0.1) is 12.6 Å². The van der Waals surface area contributed by atoms with Crippen molar-refractivity contribution in [3.8, 4) is 5.75 Å². The summed E-state index contributed by atoms with van der Waals surface area (Å²) in [6.07, 6.45) is 4.09. The molecule has 2 N–H and O–H groups in total. The van der Waals surface area contributed by atoms with Crippen molar-refractivity contribution in [2.45, 2.75) is 25.8 Å². The van der Waals surface area contributed by atoms with Gasteiger partial charge < -0.3 is 20.1 Å². The minimum atomic E-state index is -0.205. The van der Waals surface area contributed by atoms with E-state index in [2.05, 4.69) is 15.7 Å². The van der Waals surface area contributed by atoms with Crippen molar-refractivity contribution < 1.29 is 14.3 Å². The van der Waals surface area contributed by atoms with E-state index in [1.54, 1.807) is 13.2 Å². The van der Waals surface area contributed by atoms with Crippen molar-refractivity contribution in [3.63, 3.8) is 0 Å². The van der Waals surface area contributed by atoms with Gasteiger partial charge in [0.15, 0.2) is 5.69 Å². The zero-order chi connectivity index (χ0) is 18.4.